The van der Waals surface area contributed by atoms with Crippen LogP contribution in [-0.4, -0.2) is 24.1 Å². The van der Waals surface area contributed by atoms with E-state index in [0.717, 1.165) is 49.0 Å². The number of aromatic carboxylic acids is 1. The lowest BCUT2D eigenvalue weighted by Gasteiger charge is -2.20. The van der Waals surface area contributed by atoms with E-state index in [0.29, 0.717) is 6.54 Å². The number of carbonyl (C=O) groups excluding carboxylic acids is 1. The number of nitrogens with one attached hydrogen (secondary N) is 1. The van der Waals surface area contributed by atoms with Crippen molar-refractivity contribution in [3.05, 3.63) is 76.4 Å². The summed E-state index contributed by atoms with van der Waals surface area (Å²) >= 11 is 0. The third-order valence-electron chi connectivity index (χ3n) is 5.09. The monoisotopic (exact) mass is 379 g/mol. The summed E-state index contributed by atoms with van der Waals surface area (Å²) < 4.78 is 5.20. The van der Waals surface area contributed by atoms with Crippen LogP contribution >= 0.6 is 0 Å². The number of amides is 1. The molecule has 0 saturated heterocycles. The molecule has 0 heterocycles. The predicted molar refractivity (Wildman–Crippen MR) is 107 cm³/mol. The van der Waals surface area contributed by atoms with Gasteiger partial charge in [-0.1, -0.05) is 29.8 Å². The molecule has 0 bridgehead atoms. The van der Waals surface area contributed by atoms with Crippen molar-refractivity contribution in [3.8, 4) is 5.75 Å². The lowest BCUT2D eigenvalue weighted by molar-refractivity contribution is -0.118. The van der Waals surface area contributed by atoms with Crippen molar-refractivity contribution in [1.29, 1.82) is 0 Å². The second-order valence-corrected chi connectivity index (χ2v) is 7.00. The standard InChI is InChI=1S/C23H25NO4/c1-28-20-12-8-16(9-13-20)14-19-4-2-3-5-21(19)22(25)24-15-17-6-10-18(11-7-17)23(26)27/h6-13H,2-5,14-15H2,1H3,(H,24,25)(H,26,27). The van der Waals surface area contributed by atoms with Crippen molar-refractivity contribution >= 4 is 11.9 Å². The molecule has 1 aliphatic rings. The Morgan fingerprint density at radius 2 is 1.61 bits per heavy atom. The van der Waals surface area contributed by atoms with Crippen LogP contribution < -0.4 is 10.1 Å². The van der Waals surface area contributed by atoms with Crippen LogP contribution in [0.2, 0.25) is 0 Å². The Kier molecular flexibility index (Phi) is 6.48. The summed E-state index contributed by atoms with van der Waals surface area (Å²) in [6, 6.07) is 14.5. The van der Waals surface area contributed by atoms with Gasteiger partial charge in [0.25, 0.3) is 0 Å². The molecule has 3 rings (SSSR count). The normalized spacial score (nSPS) is 13.9. The van der Waals surface area contributed by atoms with E-state index in [-0.39, 0.29) is 11.5 Å². The van der Waals surface area contributed by atoms with Gasteiger partial charge in [0.1, 0.15) is 5.75 Å². The summed E-state index contributed by atoms with van der Waals surface area (Å²) in [5, 5.41) is 11.9. The summed E-state index contributed by atoms with van der Waals surface area (Å²) in [6.07, 6.45) is 4.67. The van der Waals surface area contributed by atoms with E-state index in [1.165, 1.54) is 11.1 Å². The molecule has 5 heteroatoms. The lowest BCUT2D eigenvalue weighted by Crippen LogP contribution is -2.27. The fourth-order valence-electron chi connectivity index (χ4n) is 3.48. The van der Waals surface area contributed by atoms with Crippen molar-refractivity contribution < 1.29 is 19.4 Å². The molecule has 146 valence electrons. The maximum absolute atomic E-state index is 12.8. The minimum absolute atomic E-state index is 0.0227. The lowest BCUT2D eigenvalue weighted by atomic mass is 9.87. The molecule has 5 nitrogen and oxygen atoms in total. The molecule has 1 aliphatic carbocycles. The molecule has 0 saturated carbocycles. The van der Waals surface area contributed by atoms with E-state index in [9.17, 15) is 9.59 Å². The number of benzene rings is 2. The summed E-state index contributed by atoms with van der Waals surface area (Å²) in [6.45, 7) is 0.387. The molecule has 0 radical (unpaired) electrons. The van der Waals surface area contributed by atoms with Crippen LogP contribution in [0.5, 0.6) is 5.75 Å². The number of ether oxygens (including phenoxy) is 1. The van der Waals surface area contributed by atoms with E-state index < -0.39 is 5.97 Å². The van der Waals surface area contributed by atoms with Crippen LogP contribution in [0, 0.1) is 0 Å². The molecule has 0 aromatic heterocycles. The van der Waals surface area contributed by atoms with E-state index in [2.05, 4.69) is 5.32 Å². The number of rotatable bonds is 7. The zero-order valence-corrected chi connectivity index (χ0v) is 16.0. The topological polar surface area (TPSA) is 75.6 Å². The van der Waals surface area contributed by atoms with Crippen molar-refractivity contribution in [2.75, 3.05) is 7.11 Å². The largest absolute Gasteiger partial charge is 0.497 e. The van der Waals surface area contributed by atoms with Gasteiger partial charge in [0, 0.05) is 12.1 Å². The quantitative estimate of drug-likeness (QED) is 0.759. The highest BCUT2D eigenvalue weighted by atomic mass is 16.5. The van der Waals surface area contributed by atoms with E-state index in [1.54, 1.807) is 31.4 Å². The minimum Gasteiger partial charge on any atom is -0.497 e. The Labute approximate surface area is 165 Å². The molecule has 0 fully saturated rings. The second-order valence-electron chi connectivity index (χ2n) is 7.00. The molecule has 0 spiro atoms. The number of hydrogen-bond donors (Lipinski definition) is 2. The van der Waals surface area contributed by atoms with Gasteiger partial charge in [0.15, 0.2) is 0 Å². The van der Waals surface area contributed by atoms with Gasteiger partial charge in [-0.3, -0.25) is 4.79 Å². The maximum Gasteiger partial charge on any atom is 0.335 e. The summed E-state index contributed by atoms with van der Waals surface area (Å²) in [4.78, 5) is 23.7. The molecule has 0 unspecified atom stereocenters. The van der Waals surface area contributed by atoms with E-state index >= 15 is 0 Å². The Hall–Kier alpha value is -3.08. The molecule has 1 amide bonds. The highest BCUT2D eigenvalue weighted by molar-refractivity contribution is 5.94. The minimum atomic E-state index is -0.953. The smallest absolute Gasteiger partial charge is 0.335 e. The Balaban J connectivity index is 1.67. The third kappa shape index (κ3) is 5.00. The predicted octanol–water partition coefficient (Wildman–Crippen LogP) is 4.12. The molecular formula is C23H25NO4. The van der Waals surface area contributed by atoms with Crippen molar-refractivity contribution in [2.24, 2.45) is 0 Å². The van der Waals surface area contributed by atoms with Crippen molar-refractivity contribution in [3.63, 3.8) is 0 Å². The highest BCUT2D eigenvalue weighted by Gasteiger charge is 2.19. The molecular weight excluding hydrogens is 354 g/mol. The zero-order valence-electron chi connectivity index (χ0n) is 16.0. The Morgan fingerprint density at radius 1 is 0.964 bits per heavy atom. The number of carboxylic acid groups (broad SMARTS) is 1. The molecule has 0 atom stereocenters. The van der Waals surface area contributed by atoms with Crippen molar-refractivity contribution in [1.82, 2.24) is 5.32 Å². The molecule has 28 heavy (non-hydrogen) atoms. The van der Waals surface area contributed by atoms with Crippen LogP contribution in [0.15, 0.2) is 59.7 Å². The molecule has 2 aromatic carbocycles. The fourth-order valence-corrected chi connectivity index (χ4v) is 3.48. The van der Waals surface area contributed by atoms with Crippen LogP contribution in [0.4, 0.5) is 0 Å². The number of hydrogen-bond acceptors (Lipinski definition) is 3. The van der Waals surface area contributed by atoms with Gasteiger partial charge < -0.3 is 15.2 Å². The van der Waals surface area contributed by atoms with E-state index in [4.69, 9.17) is 9.84 Å². The average molecular weight is 379 g/mol. The SMILES string of the molecule is COc1ccc(CC2=C(C(=O)NCc3ccc(C(=O)O)cc3)CCCC2)cc1. The first kappa shape index (κ1) is 19.7. The van der Waals surface area contributed by atoms with Gasteiger partial charge in [-0.25, -0.2) is 4.79 Å². The number of allylic oxidation sites excluding steroid dienone is 1. The third-order valence-corrected chi connectivity index (χ3v) is 5.09. The van der Waals surface area contributed by atoms with Gasteiger partial charge in [-0.15, -0.1) is 0 Å². The van der Waals surface area contributed by atoms with Crippen LogP contribution in [-0.2, 0) is 17.8 Å². The first-order chi connectivity index (χ1) is 13.6. The van der Waals surface area contributed by atoms with Crippen molar-refractivity contribution in [2.45, 2.75) is 38.6 Å². The molecule has 2 N–H and O–H groups in total. The zero-order chi connectivity index (χ0) is 19.9. The maximum atomic E-state index is 12.8. The highest BCUT2D eigenvalue weighted by Crippen LogP contribution is 2.28. The van der Waals surface area contributed by atoms with Gasteiger partial charge in [-0.05, 0) is 67.5 Å². The molecule has 0 aliphatic heterocycles. The van der Waals surface area contributed by atoms with E-state index in [1.807, 2.05) is 24.3 Å². The Morgan fingerprint density at radius 3 is 2.25 bits per heavy atom. The fraction of sp³-hybridized carbons (Fsp3) is 0.304. The number of carbonyl (C=O) groups is 2. The van der Waals surface area contributed by atoms with Crippen LogP contribution in [0.1, 0.15) is 47.2 Å². The first-order valence-electron chi connectivity index (χ1n) is 9.51. The second kappa shape index (κ2) is 9.22. The van der Waals surface area contributed by atoms with Gasteiger partial charge in [-0.2, -0.15) is 0 Å². The van der Waals surface area contributed by atoms with Gasteiger partial charge >= 0.3 is 5.97 Å². The first-order valence-corrected chi connectivity index (χ1v) is 9.51. The van der Waals surface area contributed by atoms with Crippen LogP contribution in [0.25, 0.3) is 0 Å². The summed E-state index contributed by atoms with van der Waals surface area (Å²) in [5.74, 6) is -0.148. The van der Waals surface area contributed by atoms with Gasteiger partial charge in [0.2, 0.25) is 5.91 Å². The summed E-state index contributed by atoms with van der Waals surface area (Å²) in [5.41, 5.74) is 4.39. The van der Waals surface area contributed by atoms with Crippen LogP contribution in [0.3, 0.4) is 0 Å². The Bertz CT molecular complexity index is 866. The number of methoxy groups -OCH3 is 1. The van der Waals surface area contributed by atoms with Gasteiger partial charge in [0.05, 0.1) is 12.7 Å². The summed E-state index contributed by atoms with van der Waals surface area (Å²) in [7, 11) is 1.65. The average Bonchev–Trinajstić information content (AvgIpc) is 2.73. The number of carboxylic acids is 1. The molecule has 2 aromatic rings.